The standard InChI is InChI=1S/C15H17BrFN3O/c1-8-5-6-12(17)13(7-8)18-15(21)11(4)20-10(3)14(16)9(2)19-20/h5-7,11H,1-4H3,(H,18,21). The van der Waals surface area contributed by atoms with E-state index in [1.165, 1.54) is 6.07 Å². The molecule has 6 heteroatoms. The molecule has 0 aliphatic carbocycles. The van der Waals surface area contributed by atoms with E-state index in [2.05, 4.69) is 26.3 Å². The number of benzene rings is 1. The van der Waals surface area contributed by atoms with E-state index in [4.69, 9.17) is 0 Å². The van der Waals surface area contributed by atoms with Crippen LogP contribution in [0.25, 0.3) is 0 Å². The molecule has 4 nitrogen and oxygen atoms in total. The van der Waals surface area contributed by atoms with Crippen molar-refractivity contribution >= 4 is 27.5 Å². The molecular formula is C15H17BrFN3O. The number of halogens is 2. The molecule has 1 atom stereocenters. The Hall–Kier alpha value is -1.69. The van der Waals surface area contributed by atoms with Crippen molar-refractivity contribution in [3.05, 3.63) is 45.4 Å². The largest absolute Gasteiger partial charge is 0.322 e. The molecule has 0 saturated heterocycles. The Labute approximate surface area is 131 Å². The van der Waals surface area contributed by atoms with Crippen molar-refractivity contribution in [3.8, 4) is 0 Å². The van der Waals surface area contributed by atoms with E-state index in [0.29, 0.717) is 0 Å². The number of amides is 1. The number of carbonyl (C=O) groups excluding carboxylic acids is 1. The van der Waals surface area contributed by atoms with Crippen LogP contribution in [0, 0.1) is 26.6 Å². The Morgan fingerprint density at radius 3 is 2.62 bits per heavy atom. The number of nitrogens with zero attached hydrogens (tertiary/aromatic N) is 2. The van der Waals surface area contributed by atoms with E-state index in [9.17, 15) is 9.18 Å². The predicted octanol–water partition coefficient (Wildman–Crippen LogP) is 3.91. The highest BCUT2D eigenvalue weighted by Crippen LogP contribution is 2.24. The zero-order chi connectivity index (χ0) is 15.7. The van der Waals surface area contributed by atoms with Crippen LogP contribution >= 0.6 is 15.9 Å². The first-order valence-electron chi connectivity index (χ1n) is 6.59. The third-order valence-corrected chi connectivity index (χ3v) is 4.51. The Morgan fingerprint density at radius 1 is 1.38 bits per heavy atom. The Morgan fingerprint density at radius 2 is 2.05 bits per heavy atom. The summed E-state index contributed by atoms with van der Waals surface area (Å²) >= 11 is 3.43. The molecule has 0 saturated carbocycles. The molecule has 0 spiro atoms. The van der Waals surface area contributed by atoms with Gasteiger partial charge in [0, 0.05) is 0 Å². The van der Waals surface area contributed by atoms with Crippen LogP contribution < -0.4 is 5.32 Å². The molecule has 2 rings (SSSR count). The Bertz CT molecular complexity index is 696. The highest BCUT2D eigenvalue weighted by atomic mass is 79.9. The molecule has 21 heavy (non-hydrogen) atoms. The summed E-state index contributed by atoms with van der Waals surface area (Å²) in [7, 11) is 0. The van der Waals surface area contributed by atoms with Crippen LogP contribution in [0.15, 0.2) is 22.7 Å². The fourth-order valence-electron chi connectivity index (χ4n) is 2.10. The van der Waals surface area contributed by atoms with Gasteiger partial charge in [-0.3, -0.25) is 9.48 Å². The van der Waals surface area contributed by atoms with Gasteiger partial charge in [0.15, 0.2) is 0 Å². The molecular weight excluding hydrogens is 337 g/mol. The van der Waals surface area contributed by atoms with Crippen LogP contribution in [0.4, 0.5) is 10.1 Å². The number of hydrogen-bond donors (Lipinski definition) is 1. The van der Waals surface area contributed by atoms with Crippen LogP contribution in [0.1, 0.15) is 29.9 Å². The first-order chi connectivity index (χ1) is 9.81. The normalized spacial score (nSPS) is 12.3. The van der Waals surface area contributed by atoms with Gasteiger partial charge in [0.25, 0.3) is 0 Å². The summed E-state index contributed by atoms with van der Waals surface area (Å²) in [5.41, 5.74) is 2.74. The number of aromatic nitrogens is 2. The van der Waals surface area contributed by atoms with Gasteiger partial charge in [0.1, 0.15) is 11.9 Å². The topological polar surface area (TPSA) is 46.9 Å². The van der Waals surface area contributed by atoms with Gasteiger partial charge in [-0.1, -0.05) is 6.07 Å². The molecule has 1 N–H and O–H groups in total. The van der Waals surface area contributed by atoms with Gasteiger partial charge in [0.05, 0.1) is 21.5 Å². The van der Waals surface area contributed by atoms with Crippen molar-refractivity contribution < 1.29 is 9.18 Å². The predicted molar refractivity (Wildman–Crippen MR) is 83.9 cm³/mol. The maximum absolute atomic E-state index is 13.7. The summed E-state index contributed by atoms with van der Waals surface area (Å²) < 4.78 is 16.2. The van der Waals surface area contributed by atoms with Crippen LogP contribution in [0.2, 0.25) is 0 Å². The monoisotopic (exact) mass is 353 g/mol. The quantitative estimate of drug-likeness (QED) is 0.909. The zero-order valence-corrected chi connectivity index (χ0v) is 14.0. The van der Waals surface area contributed by atoms with Gasteiger partial charge >= 0.3 is 0 Å². The number of anilines is 1. The second-order valence-electron chi connectivity index (χ2n) is 5.08. The lowest BCUT2D eigenvalue weighted by atomic mass is 10.2. The second kappa shape index (κ2) is 5.97. The molecule has 112 valence electrons. The molecule has 1 aromatic carbocycles. The minimum absolute atomic E-state index is 0.187. The number of rotatable bonds is 3. The number of carbonyl (C=O) groups is 1. The van der Waals surface area contributed by atoms with E-state index < -0.39 is 11.9 Å². The van der Waals surface area contributed by atoms with Crippen molar-refractivity contribution in [1.82, 2.24) is 9.78 Å². The maximum Gasteiger partial charge on any atom is 0.249 e. The molecule has 0 aliphatic rings. The minimum atomic E-state index is -0.532. The number of aryl methyl sites for hydroxylation is 2. The third kappa shape index (κ3) is 3.15. The number of nitrogens with one attached hydrogen (secondary N) is 1. The van der Waals surface area contributed by atoms with E-state index in [-0.39, 0.29) is 11.6 Å². The van der Waals surface area contributed by atoms with Crippen molar-refractivity contribution in [2.45, 2.75) is 33.7 Å². The van der Waals surface area contributed by atoms with Gasteiger partial charge in [-0.15, -0.1) is 0 Å². The van der Waals surface area contributed by atoms with Gasteiger partial charge in [-0.05, 0) is 61.3 Å². The van der Waals surface area contributed by atoms with E-state index in [1.807, 2.05) is 20.8 Å². The molecule has 0 fully saturated rings. The lowest BCUT2D eigenvalue weighted by Crippen LogP contribution is -2.25. The van der Waals surface area contributed by atoms with Gasteiger partial charge in [-0.25, -0.2) is 4.39 Å². The average Bonchev–Trinajstić information content (AvgIpc) is 2.69. The first kappa shape index (κ1) is 15.7. The Balaban J connectivity index is 2.23. The van der Waals surface area contributed by atoms with Crippen LogP contribution in [0.5, 0.6) is 0 Å². The summed E-state index contributed by atoms with van der Waals surface area (Å²) in [6, 6.07) is 4.08. The SMILES string of the molecule is Cc1ccc(F)c(NC(=O)C(C)n2nc(C)c(Br)c2C)c1. The smallest absolute Gasteiger partial charge is 0.249 e. The zero-order valence-electron chi connectivity index (χ0n) is 12.4. The molecule has 2 aromatic rings. The van der Waals surface area contributed by atoms with E-state index >= 15 is 0 Å². The maximum atomic E-state index is 13.7. The molecule has 1 heterocycles. The van der Waals surface area contributed by atoms with E-state index in [1.54, 1.807) is 23.7 Å². The number of hydrogen-bond acceptors (Lipinski definition) is 2. The molecule has 1 amide bonds. The van der Waals surface area contributed by atoms with Gasteiger partial charge in [0.2, 0.25) is 5.91 Å². The second-order valence-corrected chi connectivity index (χ2v) is 5.87. The summed E-state index contributed by atoms with van der Waals surface area (Å²) in [5.74, 6) is -0.756. The average molecular weight is 354 g/mol. The summed E-state index contributed by atoms with van der Waals surface area (Å²) in [6.45, 7) is 7.31. The van der Waals surface area contributed by atoms with Crippen LogP contribution in [-0.2, 0) is 4.79 Å². The van der Waals surface area contributed by atoms with Crippen molar-refractivity contribution in [3.63, 3.8) is 0 Å². The third-order valence-electron chi connectivity index (χ3n) is 3.36. The summed E-state index contributed by atoms with van der Waals surface area (Å²) in [6.07, 6.45) is 0. The lowest BCUT2D eigenvalue weighted by Gasteiger charge is -2.15. The summed E-state index contributed by atoms with van der Waals surface area (Å²) in [5, 5.41) is 6.94. The molecule has 0 radical (unpaired) electrons. The van der Waals surface area contributed by atoms with Crippen molar-refractivity contribution in [2.75, 3.05) is 5.32 Å². The van der Waals surface area contributed by atoms with Crippen molar-refractivity contribution in [1.29, 1.82) is 0 Å². The van der Waals surface area contributed by atoms with Gasteiger partial charge in [-0.2, -0.15) is 5.10 Å². The van der Waals surface area contributed by atoms with Crippen molar-refractivity contribution in [2.24, 2.45) is 0 Å². The highest BCUT2D eigenvalue weighted by molar-refractivity contribution is 9.10. The van der Waals surface area contributed by atoms with Crippen LogP contribution in [-0.4, -0.2) is 15.7 Å². The summed E-state index contributed by atoms with van der Waals surface area (Å²) in [4.78, 5) is 12.3. The highest BCUT2D eigenvalue weighted by Gasteiger charge is 2.21. The Kier molecular flexibility index (Phi) is 4.46. The van der Waals surface area contributed by atoms with E-state index in [0.717, 1.165) is 21.4 Å². The first-order valence-corrected chi connectivity index (χ1v) is 7.38. The van der Waals surface area contributed by atoms with Crippen LogP contribution in [0.3, 0.4) is 0 Å². The fraction of sp³-hybridized carbons (Fsp3) is 0.333. The molecule has 0 bridgehead atoms. The fourth-order valence-corrected chi connectivity index (χ4v) is 2.36. The molecule has 1 unspecified atom stereocenters. The van der Waals surface area contributed by atoms with Gasteiger partial charge < -0.3 is 5.32 Å². The minimum Gasteiger partial charge on any atom is -0.322 e. The lowest BCUT2D eigenvalue weighted by molar-refractivity contribution is -0.119. The molecule has 1 aromatic heterocycles. The molecule has 0 aliphatic heterocycles.